The SMILES string of the molecule is CC(=O)C1C(c2ccccc2)C(c2ccc3cc(C(=O)O)ccc3c2)C1c1ccc(C(=O)O)cc1. The zero-order valence-electron chi connectivity index (χ0n) is 19.1. The number of hydrogen-bond acceptors (Lipinski definition) is 3. The van der Waals surface area contributed by atoms with E-state index in [1.807, 2.05) is 48.5 Å². The van der Waals surface area contributed by atoms with Crippen molar-refractivity contribution in [3.63, 3.8) is 0 Å². The summed E-state index contributed by atoms with van der Waals surface area (Å²) in [5.74, 6) is -2.19. The quantitative estimate of drug-likeness (QED) is 0.359. The second kappa shape index (κ2) is 8.84. The molecule has 4 aromatic rings. The lowest BCUT2D eigenvalue weighted by Gasteiger charge is -2.52. The number of Topliss-reactive ketones (excluding diaryl/α,β-unsaturated/α-hetero) is 1. The third-order valence-electron chi connectivity index (χ3n) is 7.24. The van der Waals surface area contributed by atoms with Crippen molar-refractivity contribution in [2.75, 3.05) is 0 Å². The molecule has 0 radical (unpaired) electrons. The molecule has 4 aromatic carbocycles. The summed E-state index contributed by atoms with van der Waals surface area (Å²) in [6.45, 7) is 1.63. The zero-order valence-corrected chi connectivity index (χ0v) is 19.1. The number of hydrogen-bond donors (Lipinski definition) is 2. The maximum atomic E-state index is 12.9. The second-order valence-corrected chi connectivity index (χ2v) is 9.18. The Hall–Kier alpha value is -4.25. The maximum absolute atomic E-state index is 12.9. The van der Waals surface area contributed by atoms with E-state index in [1.165, 1.54) is 0 Å². The minimum atomic E-state index is -0.984. The Bertz CT molecular complexity index is 1440. The summed E-state index contributed by atoms with van der Waals surface area (Å²) >= 11 is 0. The van der Waals surface area contributed by atoms with Gasteiger partial charge in [-0.15, -0.1) is 0 Å². The molecule has 0 spiro atoms. The van der Waals surface area contributed by atoms with Crippen LogP contribution in [0.2, 0.25) is 0 Å². The standard InChI is InChI=1S/C30H24O5/c1-17(31)25-26(18-5-3-2-4-6-18)28(27(25)19-7-9-20(10-8-19)29(32)33)23-13-11-22-16-24(30(34)35)14-12-21(22)15-23/h2-16,25-28H,1H3,(H,32,33)(H,34,35). The van der Waals surface area contributed by atoms with Gasteiger partial charge in [0.05, 0.1) is 11.1 Å². The Kier molecular flexibility index (Phi) is 5.69. The van der Waals surface area contributed by atoms with Crippen LogP contribution in [0.15, 0.2) is 91.0 Å². The van der Waals surface area contributed by atoms with Gasteiger partial charge in [0.1, 0.15) is 5.78 Å². The molecular weight excluding hydrogens is 440 g/mol. The van der Waals surface area contributed by atoms with E-state index in [0.29, 0.717) is 0 Å². The fourth-order valence-corrected chi connectivity index (χ4v) is 5.63. The van der Waals surface area contributed by atoms with Crippen molar-refractivity contribution in [3.8, 4) is 0 Å². The summed E-state index contributed by atoms with van der Waals surface area (Å²) in [7, 11) is 0. The van der Waals surface area contributed by atoms with E-state index in [-0.39, 0.29) is 40.6 Å². The third kappa shape index (κ3) is 3.99. The average Bonchev–Trinajstić information content (AvgIpc) is 2.83. The molecule has 1 saturated carbocycles. The van der Waals surface area contributed by atoms with Crippen LogP contribution in [0.4, 0.5) is 0 Å². The highest BCUT2D eigenvalue weighted by Gasteiger charge is 2.54. The van der Waals surface area contributed by atoms with Gasteiger partial charge < -0.3 is 10.2 Å². The summed E-state index contributed by atoms with van der Waals surface area (Å²) in [4.78, 5) is 35.6. The number of benzene rings is 4. The van der Waals surface area contributed by atoms with Gasteiger partial charge in [-0.3, -0.25) is 4.79 Å². The number of aromatic carboxylic acids is 2. The number of rotatable bonds is 6. The molecule has 174 valence electrons. The van der Waals surface area contributed by atoms with Gasteiger partial charge in [0.2, 0.25) is 0 Å². The van der Waals surface area contributed by atoms with Crippen LogP contribution in [0.25, 0.3) is 10.8 Å². The first-order valence-corrected chi connectivity index (χ1v) is 11.5. The van der Waals surface area contributed by atoms with Crippen LogP contribution >= 0.6 is 0 Å². The van der Waals surface area contributed by atoms with Crippen LogP contribution in [-0.4, -0.2) is 27.9 Å². The van der Waals surface area contributed by atoms with Crippen LogP contribution in [0, 0.1) is 5.92 Å². The van der Waals surface area contributed by atoms with Gasteiger partial charge in [0, 0.05) is 17.8 Å². The van der Waals surface area contributed by atoms with E-state index in [1.54, 1.807) is 31.2 Å². The lowest BCUT2D eigenvalue weighted by atomic mass is 9.50. The highest BCUT2D eigenvalue weighted by atomic mass is 16.4. The van der Waals surface area contributed by atoms with Crippen molar-refractivity contribution in [1.82, 2.24) is 0 Å². The Balaban J connectivity index is 1.63. The first-order chi connectivity index (χ1) is 16.8. The summed E-state index contributed by atoms with van der Waals surface area (Å²) in [6, 6.07) is 28.0. The lowest BCUT2D eigenvalue weighted by Crippen LogP contribution is -2.45. The molecule has 0 bridgehead atoms. The predicted molar refractivity (Wildman–Crippen MR) is 133 cm³/mol. The molecule has 2 N–H and O–H groups in total. The smallest absolute Gasteiger partial charge is 0.335 e. The lowest BCUT2D eigenvalue weighted by molar-refractivity contribution is -0.126. The molecule has 5 rings (SSSR count). The van der Waals surface area contributed by atoms with Crippen molar-refractivity contribution < 1.29 is 24.6 Å². The van der Waals surface area contributed by atoms with Gasteiger partial charge in [0.25, 0.3) is 0 Å². The maximum Gasteiger partial charge on any atom is 0.335 e. The summed E-state index contributed by atoms with van der Waals surface area (Å²) in [5.41, 5.74) is 3.55. The van der Waals surface area contributed by atoms with Gasteiger partial charge in [-0.1, -0.05) is 66.7 Å². The minimum Gasteiger partial charge on any atom is -0.478 e. The van der Waals surface area contributed by atoms with E-state index in [2.05, 4.69) is 18.2 Å². The van der Waals surface area contributed by atoms with E-state index in [0.717, 1.165) is 27.5 Å². The Labute approximate surface area is 202 Å². The van der Waals surface area contributed by atoms with E-state index in [9.17, 15) is 24.6 Å². The molecule has 0 amide bonds. The number of carboxylic acids is 2. The normalized spacial score (nSPS) is 21.3. The van der Waals surface area contributed by atoms with Gasteiger partial charge in [-0.25, -0.2) is 9.59 Å². The largest absolute Gasteiger partial charge is 0.478 e. The van der Waals surface area contributed by atoms with Gasteiger partial charge in [-0.05, 0) is 64.6 Å². The molecule has 0 aromatic heterocycles. The first kappa shape index (κ1) is 22.5. The monoisotopic (exact) mass is 464 g/mol. The molecule has 0 aliphatic heterocycles. The molecule has 1 aliphatic carbocycles. The highest BCUT2D eigenvalue weighted by Crippen LogP contribution is 2.62. The number of carboxylic acid groups (broad SMARTS) is 2. The number of ketones is 1. The van der Waals surface area contributed by atoms with Crippen LogP contribution < -0.4 is 0 Å². The van der Waals surface area contributed by atoms with Crippen LogP contribution in [0.1, 0.15) is 62.1 Å². The van der Waals surface area contributed by atoms with Crippen molar-refractivity contribution in [3.05, 3.63) is 119 Å². The third-order valence-corrected chi connectivity index (χ3v) is 7.24. The van der Waals surface area contributed by atoms with Crippen molar-refractivity contribution in [2.24, 2.45) is 5.92 Å². The van der Waals surface area contributed by atoms with Crippen molar-refractivity contribution >= 4 is 28.5 Å². The van der Waals surface area contributed by atoms with Crippen molar-refractivity contribution in [1.29, 1.82) is 0 Å². The van der Waals surface area contributed by atoms with E-state index >= 15 is 0 Å². The Morgan fingerprint density at radius 1 is 0.571 bits per heavy atom. The fraction of sp³-hybridized carbons (Fsp3) is 0.167. The second-order valence-electron chi connectivity index (χ2n) is 9.18. The molecule has 4 unspecified atom stereocenters. The molecule has 0 saturated heterocycles. The van der Waals surface area contributed by atoms with E-state index < -0.39 is 11.9 Å². The van der Waals surface area contributed by atoms with Gasteiger partial charge >= 0.3 is 11.9 Å². The summed E-state index contributed by atoms with van der Waals surface area (Å²) < 4.78 is 0. The molecular formula is C30H24O5. The molecule has 35 heavy (non-hydrogen) atoms. The predicted octanol–water partition coefficient (Wildman–Crippen LogP) is 6.11. The fourth-order valence-electron chi connectivity index (χ4n) is 5.63. The van der Waals surface area contributed by atoms with Crippen LogP contribution in [0.5, 0.6) is 0 Å². The topological polar surface area (TPSA) is 91.7 Å². The molecule has 5 nitrogen and oxygen atoms in total. The number of carbonyl (C=O) groups excluding carboxylic acids is 1. The minimum absolute atomic E-state index is 0.00512. The molecule has 1 fully saturated rings. The number of carbonyl (C=O) groups is 3. The molecule has 0 heterocycles. The summed E-state index contributed by atoms with van der Waals surface area (Å²) in [6.07, 6.45) is 0. The van der Waals surface area contributed by atoms with Crippen molar-refractivity contribution in [2.45, 2.75) is 24.7 Å². The summed E-state index contributed by atoms with van der Waals surface area (Å²) in [5, 5.41) is 20.4. The average molecular weight is 465 g/mol. The number of fused-ring (bicyclic) bond motifs is 1. The van der Waals surface area contributed by atoms with Crippen LogP contribution in [0.3, 0.4) is 0 Å². The molecule has 1 aliphatic rings. The highest BCUT2D eigenvalue weighted by molar-refractivity contribution is 5.94. The van der Waals surface area contributed by atoms with Gasteiger partial charge in [0.15, 0.2) is 0 Å². The zero-order chi connectivity index (χ0) is 24.7. The first-order valence-electron chi connectivity index (χ1n) is 11.5. The Morgan fingerprint density at radius 3 is 1.69 bits per heavy atom. The van der Waals surface area contributed by atoms with Gasteiger partial charge in [-0.2, -0.15) is 0 Å². The Morgan fingerprint density at radius 2 is 1.09 bits per heavy atom. The molecule has 5 heteroatoms. The van der Waals surface area contributed by atoms with E-state index in [4.69, 9.17) is 0 Å². The van der Waals surface area contributed by atoms with Crippen LogP contribution in [-0.2, 0) is 4.79 Å². The molecule has 4 atom stereocenters.